The molecule has 2 atom stereocenters. The molecule has 3 N–H and O–H groups in total. The van der Waals surface area contributed by atoms with Crippen LogP contribution in [0, 0.1) is 5.41 Å². The summed E-state index contributed by atoms with van der Waals surface area (Å²) in [6, 6.07) is 0. The maximum atomic E-state index is 12.2. The van der Waals surface area contributed by atoms with Gasteiger partial charge in [0.25, 0.3) is 0 Å². The van der Waals surface area contributed by atoms with Crippen LogP contribution in [0.2, 0.25) is 0 Å². The first-order valence-corrected chi connectivity index (χ1v) is 9.37. The number of morpholine rings is 1. The molecule has 134 valence electrons. The molecule has 1 heterocycles. The number of carbonyl (C=O) groups is 1. The van der Waals surface area contributed by atoms with Gasteiger partial charge in [0, 0.05) is 32.6 Å². The minimum atomic E-state index is 0.0669. The number of hydrogen-bond acceptors (Lipinski definition) is 4. The lowest BCUT2D eigenvalue weighted by atomic mass is 9.71. The molecule has 0 aromatic rings. The topological polar surface area (TPSA) is 67.6 Å². The number of nitrogens with two attached hydrogens (primary N) is 1. The second kappa shape index (κ2) is 9.00. The first-order valence-electron chi connectivity index (χ1n) is 9.37. The van der Waals surface area contributed by atoms with Crippen LogP contribution in [0.15, 0.2) is 0 Å². The van der Waals surface area contributed by atoms with Crippen molar-refractivity contribution in [3.05, 3.63) is 0 Å². The maximum absolute atomic E-state index is 12.2. The normalized spacial score (nSPS) is 28.5. The molecule has 0 radical (unpaired) electrons. The van der Waals surface area contributed by atoms with Gasteiger partial charge in [-0.15, -0.1) is 0 Å². The van der Waals surface area contributed by atoms with E-state index in [1.165, 1.54) is 19.3 Å². The minimum absolute atomic E-state index is 0.0669. The molecule has 1 saturated heterocycles. The molecule has 23 heavy (non-hydrogen) atoms. The van der Waals surface area contributed by atoms with Crippen LogP contribution < -0.4 is 11.1 Å². The van der Waals surface area contributed by atoms with Gasteiger partial charge in [0.2, 0.25) is 5.91 Å². The zero-order valence-corrected chi connectivity index (χ0v) is 15.0. The van der Waals surface area contributed by atoms with Crippen molar-refractivity contribution in [3.63, 3.8) is 0 Å². The second-order valence-corrected chi connectivity index (χ2v) is 7.66. The van der Waals surface area contributed by atoms with Crippen molar-refractivity contribution in [3.8, 4) is 0 Å². The minimum Gasteiger partial charge on any atom is -0.373 e. The Kier molecular flexibility index (Phi) is 7.31. The second-order valence-electron chi connectivity index (χ2n) is 7.66. The number of carbonyl (C=O) groups excluding carboxylic acids is 1. The number of hydrogen-bond donors (Lipinski definition) is 2. The summed E-state index contributed by atoms with van der Waals surface area (Å²) in [6.07, 6.45) is 8.18. The van der Waals surface area contributed by atoms with Crippen molar-refractivity contribution in [2.24, 2.45) is 11.1 Å². The highest BCUT2D eigenvalue weighted by atomic mass is 16.5. The van der Waals surface area contributed by atoms with Gasteiger partial charge in [0.15, 0.2) is 0 Å². The SMILES string of the molecule is CC1CN(CCCNC(=O)CC2(CN)CCCCC2)CC(C)O1. The van der Waals surface area contributed by atoms with Gasteiger partial charge < -0.3 is 15.8 Å². The van der Waals surface area contributed by atoms with E-state index in [0.717, 1.165) is 45.4 Å². The van der Waals surface area contributed by atoms with Crippen molar-refractivity contribution in [1.29, 1.82) is 0 Å². The molecule has 2 unspecified atom stereocenters. The summed E-state index contributed by atoms with van der Waals surface area (Å²) in [5.74, 6) is 0.182. The molecule has 0 spiro atoms. The highest BCUT2D eigenvalue weighted by molar-refractivity contribution is 5.76. The van der Waals surface area contributed by atoms with Crippen molar-refractivity contribution >= 4 is 5.91 Å². The molecule has 0 aromatic carbocycles. The number of rotatable bonds is 7. The molecular formula is C18H35N3O2. The Bertz CT molecular complexity index is 359. The van der Waals surface area contributed by atoms with Gasteiger partial charge >= 0.3 is 0 Å². The molecule has 2 fully saturated rings. The highest BCUT2D eigenvalue weighted by Crippen LogP contribution is 2.38. The average molecular weight is 325 g/mol. The van der Waals surface area contributed by atoms with Gasteiger partial charge in [0.1, 0.15) is 0 Å². The monoisotopic (exact) mass is 325 g/mol. The Morgan fingerprint density at radius 3 is 2.48 bits per heavy atom. The van der Waals surface area contributed by atoms with Gasteiger partial charge in [0.05, 0.1) is 12.2 Å². The quantitative estimate of drug-likeness (QED) is 0.702. The molecule has 5 nitrogen and oxygen atoms in total. The van der Waals surface area contributed by atoms with Crippen LogP contribution in [0.3, 0.4) is 0 Å². The average Bonchev–Trinajstić information content (AvgIpc) is 2.51. The smallest absolute Gasteiger partial charge is 0.220 e. The predicted octanol–water partition coefficient (Wildman–Crippen LogP) is 1.90. The summed E-state index contributed by atoms with van der Waals surface area (Å²) in [4.78, 5) is 14.7. The fraction of sp³-hybridized carbons (Fsp3) is 0.944. The maximum Gasteiger partial charge on any atom is 0.220 e. The van der Waals surface area contributed by atoms with Crippen LogP contribution in [0.5, 0.6) is 0 Å². The first-order chi connectivity index (χ1) is 11.0. The molecule has 2 rings (SSSR count). The Morgan fingerprint density at radius 1 is 1.22 bits per heavy atom. The highest BCUT2D eigenvalue weighted by Gasteiger charge is 2.32. The van der Waals surface area contributed by atoms with Gasteiger partial charge in [-0.3, -0.25) is 9.69 Å². The third-order valence-electron chi connectivity index (χ3n) is 5.35. The Balaban J connectivity index is 1.62. The van der Waals surface area contributed by atoms with Gasteiger partial charge in [-0.25, -0.2) is 0 Å². The van der Waals surface area contributed by atoms with E-state index in [-0.39, 0.29) is 11.3 Å². The third-order valence-corrected chi connectivity index (χ3v) is 5.35. The van der Waals surface area contributed by atoms with E-state index < -0.39 is 0 Å². The third kappa shape index (κ3) is 6.05. The molecule has 2 aliphatic rings. The van der Waals surface area contributed by atoms with Crippen molar-refractivity contribution in [1.82, 2.24) is 10.2 Å². The number of nitrogens with zero attached hydrogens (tertiary/aromatic N) is 1. The van der Waals surface area contributed by atoms with E-state index in [9.17, 15) is 4.79 Å². The lowest BCUT2D eigenvalue weighted by molar-refractivity contribution is -0.123. The summed E-state index contributed by atoms with van der Waals surface area (Å²) in [5.41, 5.74) is 6.03. The van der Waals surface area contributed by atoms with Crippen LogP contribution in [0.1, 0.15) is 58.8 Å². The van der Waals surface area contributed by atoms with E-state index in [0.29, 0.717) is 25.2 Å². The van der Waals surface area contributed by atoms with Crippen molar-refractivity contribution in [2.45, 2.75) is 71.0 Å². The van der Waals surface area contributed by atoms with Crippen molar-refractivity contribution < 1.29 is 9.53 Å². The first kappa shape index (κ1) is 18.7. The molecule has 1 amide bonds. The molecule has 0 aromatic heterocycles. The van der Waals surface area contributed by atoms with E-state index in [1.807, 2.05) is 0 Å². The number of nitrogens with one attached hydrogen (secondary N) is 1. The summed E-state index contributed by atoms with van der Waals surface area (Å²) in [5, 5.41) is 3.10. The Hall–Kier alpha value is -0.650. The van der Waals surface area contributed by atoms with Crippen molar-refractivity contribution in [2.75, 3.05) is 32.7 Å². The summed E-state index contributed by atoms with van der Waals surface area (Å²) >= 11 is 0. The van der Waals surface area contributed by atoms with E-state index in [4.69, 9.17) is 10.5 Å². The number of ether oxygens (including phenoxy) is 1. The van der Waals surface area contributed by atoms with Gasteiger partial charge in [-0.1, -0.05) is 19.3 Å². The Labute approximate surface area is 141 Å². The fourth-order valence-electron chi connectivity index (χ4n) is 4.16. The van der Waals surface area contributed by atoms with E-state index in [1.54, 1.807) is 0 Å². The van der Waals surface area contributed by atoms with E-state index in [2.05, 4.69) is 24.1 Å². The van der Waals surface area contributed by atoms with Crippen LogP contribution in [-0.4, -0.2) is 55.7 Å². The summed E-state index contributed by atoms with van der Waals surface area (Å²) < 4.78 is 5.75. The molecule has 5 heteroatoms. The molecule has 1 aliphatic carbocycles. The van der Waals surface area contributed by atoms with Crippen LogP contribution >= 0.6 is 0 Å². The van der Waals surface area contributed by atoms with Crippen LogP contribution in [-0.2, 0) is 9.53 Å². The van der Waals surface area contributed by atoms with Crippen LogP contribution in [0.25, 0.3) is 0 Å². The molecule has 1 saturated carbocycles. The molecule has 0 bridgehead atoms. The summed E-state index contributed by atoms with van der Waals surface area (Å²) in [7, 11) is 0. The van der Waals surface area contributed by atoms with Gasteiger partial charge in [-0.2, -0.15) is 0 Å². The lowest BCUT2D eigenvalue weighted by Gasteiger charge is -2.36. The zero-order valence-electron chi connectivity index (χ0n) is 15.0. The zero-order chi connectivity index (χ0) is 16.7. The molecule has 1 aliphatic heterocycles. The predicted molar refractivity (Wildman–Crippen MR) is 93.3 cm³/mol. The van der Waals surface area contributed by atoms with E-state index >= 15 is 0 Å². The molecular weight excluding hydrogens is 290 g/mol. The standard InChI is InChI=1S/C18H35N3O2/c1-15-12-21(13-16(2)23-15)10-6-9-20-17(22)11-18(14-19)7-4-3-5-8-18/h15-16H,3-14,19H2,1-2H3,(H,20,22). The summed E-state index contributed by atoms with van der Waals surface area (Å²) in [6.45, 7) is 8.68. The lowest BCUT2D eigenvalue weighted by Crippen LogP contribution is -2.46. The fourth-order valence-corrected chi connectivity index (χ4v) is 4.16. The van der Waals surface area contributed by atoms with Crippen LogP contribution in [0.4, 0.5) is 0 Å². The van der Waals surface area contributed by atoms with Gasteiger partial charge in [-0.05, 0) is 45.1 Å². The number of amides is 1. The largest absolute Gasteiger partial charge is 0.373 e. The Morgan fingerprint density at radius 2 is 1.87 bits per heavy atom.